The lowest BCUT2D eigenvalue weighted by atomic mass is 9.85. The number of hydrogen-bond donors (Lipinski definition) is 1. The van der Waals surface area contributed by atoms with Crippen molar-refractivity contribution in [2.24, 2.45) is 5.92 Å². The molecule has 0 bridgehead atoms. The summed E-state index contributed by atoms with van der Waals surface area (Å²) in [6, 6.07) is 8.97. The number of aromatic nitrogens is 1. The number of piperidine rings is 1. The third-order valence-electron chi connectivity index (χ3n) is 4.78. The highest BCUT2D eigenvalue weighted by molar-refractivity contribution is 5.85. The maximum Gasteiger partial charge on any atom is 0.123 e. The second kappa shape index (κ2) is 4.20. The standard InChI is InChI=1S/C16H18N2O/c19-10-11-5-7-18-8-6-13-12-3-1-2-4-14(12)17-16(13)15(18)9-11/h1-4,10-11,15,17H,5-9H2. The van der Waals surface area contributed by atoms with Crippen molar-refractivity contribution in [3.63, 3.8) is 0 Å². The van der Waals surface area contributed by atoms with E-state index >= 15 is 0 Å². The zero-order chi connectivity index (χ0) is 12.8. The van der Waals surface area contributed by atoms with Crippen molar-refractivity contribution < 1.29 is 4.79 Å². The van der Waals surface area contributed by atoms with Crippen molar-refractivity contribution in [3.8, 4) is 0 Å². The van der Waals surface area contributed by atoms with Crippen LogP contribution in [0.1, 0.15) is 30.1 Å². The van der Waals surface area contributed by atoms with Crippen LogP contribution in [-0.2, 0) is 11.2 Å². The number of benzene rings is 1. The van der Waals surface area contributed by atoms with Crippen molar-refractivity contribution in [1.29, 1.82) is 0 Å². The van der Waals surface area contributed by atoms with Gasteiger partial charge in [0.2, 0.25) is 0 Å². The highest BCUT2D eigenvalue weighted by atomic mass is 16.1. The van der Waals surface area contributed by atoms with E-state index in [1.807, 2.05) is 0 Å². The van der Waals surface area contributed by atoms with Crippen LogP contribution in [0.2, 0.25) is 0 Å². The predicted molar refractivity (Wildman–Crippen MR) is 75.1 cm³/mol. The van der Waals surface area contributed by atoms with Gasteiger partial charge in [-0.3, -0.25) is 4.90 Å². The van der Waals surface area contributed by atoms with Crippen LogP contribution >= 0.6 is 0 Å². The summed E-state index contributed by atoms with van der Waals surface area (Å²) in [4.78, 5) is 17.2. The molecule has 2 aromatic rings. The minimum Gasteiger partial charge on any atom is -0.357 e. The van der Waals surface area contributed by atoms with Crippen LogP contribution in [0.5, 0.6) is 0 Å². The van der Waals surface area contributed by atoms with Gasteiger partial charge in [0.25, 0.3) is 0 Å². The molecule has 0 spiro atoms. The van der Waals surface area contributed by atoms with E-state index in [0.29, 0.717) is 6.04 Å². The fraction of sp³-hybridized carbons (Fsp3) is 0.438. The van der Waals surface area contributed by atoms with Crippen LogP contribution in [0.25, 0.3) is 10.9 Å². The van der Waals surface area contributed by atoms with E-state index in [2.05, 4.69) is 34.1 Å². The molecule has 1 aromatic carbocycles. The third kappa shape index (κ3) is 1.65. The average molecular weight is 254 g/mol. The number of carbonyl (C=O) groups is 1. The third-order valence-corrected chi connectivity index (χ3v) is 4.78. The number of hydrogen-bond acceptors (Lipinski definition) is 2. The monoisotopic (exact) mass is 254 g/mol. The molecule has 3 nitrogen and oxygen atoms in total. The summed E-state index contributed by atoms with van der Waals surface area (Å²) in [5.41, 5.74) is 4.07. The molecular formula is C16H18N2O. The molecule has 2 atom stereocenters. The van der Waals surface area contributed by atoms with E-state index in [1.165, 1.54) is 22.2 Å². The molecule has 4 rings (SSSR count). The molecule has 2 unspecified atom stereocenters. The maximum absolute atomic E-state index is 11.1. The summed E-state index contributed by atoms with van der Waals surface area (Å²) in [6.07, 6.45) is 4.27. The van der Waals surface area contributed by atoms with E-state index in [0.717, 1.165) is 38.6 Å². The molecule has 3 heteroatoms. The number of aromatic amines is 1. The molecule has 2 aliphatic rings. The van der Waals surface area contributed by atoms with E-state index in [9.17, 15) is 4.79 Å². The number of nitrogens with zero attached hydrogens (tertiary/aromatic N) is 1. The maximum atomic E-state index is 11.1. The second-order valence-corrected chi connectivity index (χ2v) is 5.79. The number of aldehydes is 1. The fourth-order valence-corrected chi connectivity index (χ4v) is 3.76. The summed E-state index contributed by atoms with van der Waals surface area (Å²) in [6.45, 7) is 2.19. The Balaban J connectivity index is 1.82. The van der Waals surface area contributed by atoms with E-state index in [1.54, 1.807) is 0 Å². The summed E-state index contributed by atoms with van der Waals surface area (Å²) in [5, 5.41) is 1.37. The summed E-state index contributed by atoms with van der Waals surface area (Å²) in [7, 11) is 0. The summed E-state index contributed by atoms with van der Waals surface area (Å²) >= 11 is 0. The van der Waals surface area contributed by atoms with Gasteiger partial charge in [0, 0.05) is 29.1 Å². The Kier molecular flexibility index (Phi) is 2.49. The first-order valence-corrected chi connectivity index (χ1v) is 7.15. The number of para-hydroxylation sites is 1. The topological polar surface area (TPSA) is 36.1 Å². The van der Waals surface area contributed by atoms with Gasteiger partial charge in [-0.05, 0) is 37.4 Å². The molecule has 0 aliphatic carbocycles. The molecule has 3 heterocycles. The smallest absolute Gasteiger partial charge is 0.123 e. The van der Waals surface area contributed by atoms with Crippen molar-refractivity contribution in [2.45, 2.75) is 25.3 Å². The number of rotatable bonds is 1. The Morgan fingerprint density at radius 1 is 1.26 bits per heavy atom. The Bertz CT molecular complexity index is 631. The number of carbonyl (C=O) groups excluding carboxylic acids is 1. The van der Waals surface area contributed by atoms with Gasteiger partial charge in [-0.25, -0.2) is 0 Å². The molecule has 1 aromatic heterocycles. The molecule has 1 saturated heterocycles. The van der Waals surface area contributed by atoms with Gasteiger partial charge in [0.05, 0.1) is 6.04 Å². The minimum atomic E-state index is 0.235. The molecule has 0 saturated carbocycles. The minimum absolute atomic E-state index is 0.235. The SMILES string of the molecule is O=CC1CCN2CCc3c([nH]c4ccccc34)C2C1. The largest absolute Gasteiger partial charge is 0.357 e. The average Bonchev–Trinajstić information content (AvgIpc) is 2.85. The van der Waals surface area contributed by atoms with Crippen molar-refractivity contribution in [1.82, 2.24) is 9.88 Å². The van der Waals surface area contributed by atoms with Crippen LogP contribution < -0.4 is 0 Å². The molecule has 0 amide bonds. The van der Waals surface area contributed by atoms with Gasteiger partial charge < -0.3 is 9.78 Å². The van der Waals surface area contributed by atoms with Gasteiger partial charge in [-0.1, -0.05) is 18.2 Å². The van der Waals surface area contributed by atoms with Crippen LogP contribution in [0.3, 0.4) is 0 Å². The van der Waals surface area contributed by atoms with Gasteiger partial charge in [-0.2, -0.15) is 0 Å². The van der Waals surface area contributed by atoms with Crippen LogP contribution in [0.15, 0.2) is 24.3 Å². The van der Waals surface area contributed by atoms with E-state index in [4.69, 9.17) is 0 Å². The summed E-state index contributed by atoms with van der Waals surface area (Å²) < 4.78 is 0. The number of nitrogens with one attached hydrogen (secondary N) is 1. The molecule has 0 radical (unpaired) electrons. The molecule has 1 fully saturated rings. The quantitative estimate of drug-likeness (QED) is 0.794. The zero-order valence-corrected chi connectivity index (χ0v) is 10.9. The lowest BCUT2D eigenvalue weighted by molar-refractivity contribution is -0.113. The highest BCUT2D eigenvalue weighted by Gasteiger charge is 2.35. The zero-order valence-electron chi connectivity index (χ0n) is 10.9. The van der Waals surface area contributed by atoms with Crippen molar-refractivity contribution >= 4 is 17.2 Å². The van der Waals surface area contributed by atoms with Crippen LogP contribution in [0.4, 0.5) is 0 Å². The lowest BCUT2D eigenvalue weighted by Crippen LogP contribution is -2.41. The predicted octanol–water partition coefficient (Wildman–Crippen LogP) is 2.68. The van der Waals surface area contributed by atoms with Crippen LogP contribution in [0, 0.1) is 5.92 Å². The normalized spacial score (nSPS) is 26.9. The Morgan fingerprint density at radius 2 is 2.16 bits per heavy atom. The van der Waals surface area contributed by atoms with Crippen molar-refractivity contribution in [2.75, 3.05) is 13.1 Å². The van der Waals surface area contributed by atoms with E-state index in [-0.39, 0.29) is 5.92 Å². The number of fused-ring (bicyclic) bond motifs is 5. The fourth-order valence-electron chi connectivity index (χ4n) is 3.76. The van der Waals surface area contributed by atoms with Gasteiger partial charge >= 0.3 is 0 Å². The Hall–Kier alpha value is -1.61. The number of H-pyrrole nitrogens is 1. The molecule has 98 valence electrons. The molecule has 1 N–H and O–H groups in total. The second-order valence-electron chi connectivity index (χ2n) is 5.79. The highest BCUT2D eigenvalue weighted by Crippen LogP contribution is 2.40. The first-order chi connectivity index (χ1) is 9.36. The van der Waals surface area contributed by atoms with Gasteiger partial charge in [0.15, 0.2) is 0 Å². The van der Waals surface area contributed by atoms with E-state index < -0.39 is 0 Å². The first kappa shape index (κ1) is 11.2. The van der Waals surface area contributed by atoms with Gasteiger partial charge in [-0.15, -0.1) is 0 Å². The lowest BCUT2D eigenvalue weighted by Gasteiger charge is -2.41. The molecule has 2 aliphatic heterocycles. The first-order valence-electron chi connectivity index (χ1n) is 7.15. The molecule has 19 heavy (non-hydrogen) atoms. The van der Waals surface area contributed by atoms with Crippen molar-refractivity contribution in [3.05, 3.63) is 35.5 Å². The molecular weight excluding hydrogens is 236 g/mol. The Morgan fingerprint density at radius 3 is 3.05 bits per heavy atom. The Labute approximate surface area is 112 Å². The summed E-state index contributed by atoms with van der Waals surface area (Å²) in [5.74, 6) is 0.235. The van der Waals surface area contributed by atoms with Crippen LogP contribution in [-0.4, -0.2) is 29.3 Å². The van der Waals surface area contributed by atoms with Gasteiger partial charge in [0.1, 0.15) is 6.29 Å².